The third-order valence-electron chi connectivity index (χ3n) is 3.23. The van der Waals surface area contributed by atoms with Crippen molar-refractivity contribution in [2.45, 2.75) is 13.0 Å². The van der Waals surface area contributed by atoms with Gasteiger partial charge in [-0.1, -0.05) is 42.5 Å². The van der Waals surface area contributed by atoms with Gasteiger partial charge in [-0.15, -0.1) is 0 Å². The van der Waals surface area contributed by atoms with E-state index in [0.29, 0.717) is 18.8 Å². The summed E-state index contributed by atoms with van der Waals surface area (Å²) in [5.41, 5.74) is 2.44. The molecule has 2 aromatic rings. The van der Waals surface area contributed by atoms with Crippen LogP contribution in [0.4, 0.5) is 10.5 Å². The Hall–Kier alpha value is -2.54. The molecule has 2 amide bonds. The van der Waals surface area contributed by atoms with Crippen molar-refractivity contribution in [3.63, 3.8) is 0 Å². The lowest BCUT2D eigenvalue weighted by Crippen LogP contribution is -2.36. The number of anilines is 1. The van der Waals surface area contributed by atoms with E-state index in [-0.39, 0.29) is 6.03 Å². The number of sulfonamides is 1. The quantitative estimate of drug-likeness (QED) is 0.717. The van der Waals surface area contributed by atoms with Crippen molar-refractivity contribution in [3.8, 4) is 0 Å². The van der Waals surface area contributed by atoms with Crippen molar-refractivity contribution in [3.05, 3.63) is 65.7 Å². The number of benzene rings is 2. The summed E-state index contributed by atoms with van der Waals surface area (Å²) in [4.78, 5) is 11.8. The van der Waals surface area contributed by atoms with Crippen molar-refractivity contribution >= 4 is 21.7 Å². The van der Waals surface area contributed by atoms with Gasteiger partial charge in [0.15, 0.2) is 0 Å². The molecule has 2 aromatic carbocycles. The molecule has 0 spiro atoms. The second-order valence-corrected chi connectivity index (χ2v) is 7.17. The first-order chi connectivity index (χ1) is 11.4. The van der Waals surface area contributed by atoms with Crippen LogP contribution in [0.1, 0.15) is 11.1 Å². The van der Waals surface area contributed by atoms with Crippen LogP contribution in [0.2, 0.25) is 0 Å². The number of hydrogen-bond donors (Lipinski definition) is 3. The van der Waals surface area contributed by atoms with Crippen molar-refractivity contribution in [2.75, 3.05) is 17.5 Å². The van der Waals surface area contributed by atoms with E-state index in [9.17, 15) is 13.2 Å². The molecule has 7 heteroatoms. The summed E-state index contributed by atoms with van der Waals surface area (Å²) < 4.78 is 24.9. The van der Waals surface area contributed by atoms with Crippen molar-refractivity contribution in [1.82, 2.24) is 10.6 Å². The number of urea groups is 1. The number of carbonyl (C=O) groups is 1. The summed E-state index contributed by atoms with van der Waals surface area (Å²) in [7, 11) is -3.31. The first-order valence-electron chi connectivity index (χ1n) is 7.55. The van der Waals surface area contributed by atoms with E-state index >= 15 is 0 Å². The van der Waals surface area contributed by atoms with Crippen LogP contribution in [0.15, 0.2) is 54.6 Å². The molecule has 0 atom stereocenters. The SMILES string of the molecule is CS(=O)(=O)Nc1cccc(CNC(=O)NCCc2ccccc2)c1. The van der Waals surface area contributed by atoms with Crippen LogP contribution in [-0.4, -0.2) is 27.2 Å². The average molecular weight is 347 g/mol. The third kappa shape index (κ3) is 6.70. The topological polar surface area (TPSA) is 87.3 Å². The fourth-order valence-corrected chi connectivity index (χ4v) is 2.72. The summed E-state index contributed by atoms with van der Waals surface area (Å²) in [5, 5.41) is 5.54. The minimum atomic E-state index is -3.31. The molecule has 0 radical (unpaired) electrons. The zero-order chi connectivity index (χ0) is 17.4. The second kappa shape index (κ2) is 8.35. The van der Waals surface area contributed by atoms with Gasteiger partial charge >= 0.3 is 6.03 Å². The minimum absolute atomic E-state index is 0.257. The van der Waals surface area contributed by atoms with Crippen LogP contribution in [0.3, 0.4) is 0 Å². The van der Waals surface area contributed by atoms with Gasteiger partial charge in [-0.05, 0) is 29.7 Å². The van der Waals surface area contributed by atoms with Gasteiger partial charge < -0.3 is 10.6 Å². The Labute approximate surface area is 142 Å². The van der Waals surface area contributed by atoms with E-state index in [1.165, 1.54) is 0 Å². The van der Waals surface area contributed by atoms with E-state index in [4.69, 9.17) is 0 Å². The Morgan fingerprint density at radius 1 is 0.958 bits per heavy atom. The van der Waals surface area contributed by atoms with Crippen LogP contribution in [0.5, 0.6) is 0 Å². The number of carbonyl (C=O) groups excluding carboxylic acids is 1. The number of rotatable bonds is 7. The van der Waals surface area contributed by atoms with E-state index in [2.05, 4.69) is 15.4 Å². The lowest BCUT2D eigenvalue weighted by Gasteiger charge is -2.09. The molecule has 2 rings (SSSR count). The molecule has 0 saturated carbocycles. The lowest BCUT2D eigenvalue weighted by molar-refractivity contribution is 0.240. The fraction of sp³-hybridized carbons (Fsp3) is 0.235. The van der Waals surface area contributed by atoms with E-state index in [1.54, 1.807) is 18.2 Å². The Balaban J connectivity index is 1.76. The molecular formula is C17H21N3O3S. The molecule has 0 saturated heterocycles. The summed E-state index contributed by atoms with van der Waals surface area (Å²) in [6, 6.07) is 16.5. The third-order valence-corrected chi connectivity index (χ3v) is 3.83. The van der Waals surface area contributed by atoms with Gasteiger partial charge in [0, 0.05) is 18.8 Å². The highest BCUT2D eigenvalue weighted by atomic mass is 32.2. The van der Waals surface area contributed by atoms with Gasteiger partial charge in [-0.2, -0.15) is 0 Å². The van der Waals surface area contributed by atoms with Crippen molar-refractivity contribution in [2.24, 2.45) is 0 Å². The average Bonchev–Trinajstić information content (AvgIpc) is 2.53. The van der Waals surface area contributed by atoms with Crippen molar-refractivity contribution in [1.29, 1.82) is 0 Å². The number of amides is 2. The molecule has 0 fully saturated rings. The first kappa shape index (κ1) is 17.8. The second-order valence-electron chi connectivity index (χ2n) is 5.42. The Morgan fingerprint density at radius 3 is 2.38 bits per heavy atom. The van der Waals surface area contributed by atoms with E-state index in [1.807, 2.05) is 36.4 Å². The van der Waals surface area contributed by atoms with Crippen LogP contribution < -0.4 is 15.4 Å². The van der Waals surface area contributed by atoms with Crippen LogP contribution >= 0.6 is 0 Å². The van der Waals surface area contributed by atoms with Crippen LogP contribution in [0.25, 0.3) is 0 Å². The van der Waals surface area contributed by atoms with Crippen LogP contribution in [-0.2, 0) is 23.0 Å². The highest BCUT2D eigenvalue weighted by molar-refractivity contribution is 7.92. The van der Waals surface area contributed by atoms with Gasteiger partial charge in [0.05, 0.1) is 6.26 Å². The Morgan fingerprint density at radius 2 is 1.67 bits per heavy atom. The summed E-state index contributed by atoms with van der Waals surface area (Å²) >= 11 is 0. The molecule has 24 heavy (non-hydrogen) atoms. The summed E-state index contributed by atoms with van der Waals surface area (Å²) in [6.07, 6.45) is 1.86. The molecule has 6 nitrogen and oxygen atoms in total. The van der Waals surface area contributed by atoms with E-state index in [0.717, 1.165) is 23.8 Å². The van der Waals surface area contributed by atoms with Gasteiger partial charge in [-0.25, -0.2) is 13.2 Å². The molecule has 0 aromatic heterocycles. The molecule has 0 heterocycles. The van der Waals surface area contributed by atoms with E-state index < -0.39 is 10.0 Å². The van der Waals surface area contributed by atoms with Crippen LogP contribution in [0, 0.1) is 0 Å². The Kier molecular flexibility index (Phi) is 6.20. The number of nitrogens with one attached hydrogen (secondary N) is 3. The molecule has 0 aliphatic heterocycles. The lowest BCUT2D eigenvalue weighted by atomic mass is 10.1. The molecular weight excluding hydrogens is 326 g/mol. The molecule has 0 bridgehead atoms. The van der Waals surface area contributed by atoms with Gasteiger partial charge in [-0.3, -0.25) is 4.72 Å². The predicted octanol–water partition coefficient (Wildman–Crippen LogP) is 2.10. The van der Waals surface area contributed by atoms with Gasteiger partial charge in [0.25, 0.3) is 0 Å². The fourth-order valence-electron chi connectivity index (χ4n) is 2.17. The largest absolute Gasteiger partial charge is 0.338 e. The van der Waals surface area contributed by atoms with Gasteiger partial charge in [0.2, 0.25) is 10.0 Å². The maximum Gasteiger partial charge on any atom is 0.315 e. The molecule has 128 valence electrons. The summed E-state index contributed by atoms with van der Waals surface area (Å²) in [6.45, 7) is 0.863. The highest BCUT2D eigenvalue weighted by Gasteiger charge is 2.04. The smallest absolute Gasteiger partial charge is 0.315 e. The molecule has 0 unspecified atom stereocenters. The molecule has 0 aliphatic rings. The zero-order valence-electron chi connectivity index (χ0n) is 13.5. The minimum Gasteiger partial charge on any atom is -0.338 e. The predicted molar refractivity (Wildman–Crippen MR) is 95.3 cm³/mol. The standard InChI is InChI=1S/C17H21N3O3S/c1-24(22,23)20-16-9-5-8-15(12-16)13-19-17(21)18-11-10-14-6-3-2-4-7-14/h2-9,12,20H,10-11,13H2,1H3,(H2,18,19,21). The molecule has 3 N–H and O–H groups in total. The first-order valence-corrected chi connectivity index (χ1v) is 9.44. The zero-order valence-corrected chi connectivity index (χ0v) is 14.3. The number of hydrogen-bond acceptors (Lipinski definition) is 3. The van der Waals surface area contributed by atoms with Gasteiger partial charge in [0.1, 0.15) is 0 Å². The summed E-state index contributed by atoms with van der Waals surface area (Å²) in [5.74, 6) is 0. The molecule has 0 aliphatic carbocycles. The monoisotopic (exact) mass is 347 g/mol. The maximum atomic E-state index is 11.8. The maximum absolute atomic E-state index is 11.8. The highest BCUT2D eigenvalue weighted by Crippen LogP contribution is 2.11. The Bertz CT molecular complexity index is 777. The normalized spacial score (nSPS) is 10.9. The van der Waals surface area contributed by atoms with Crippen molar-refractivity contribution < 1.29 is 13.2 Å².